The summed E-state index contributed by atoms with van der Waals surface area (Å²) in [4.78, 5) is 23.3. The van der Waals surface area contributed by atoms with Crippen molar-refractivity contribution in [2.24, 2.45) is 22.5 Å². The summed E-state index contributed by atoms with van der Waals surface area (Å²) in [6, 6.07) is 6.98. The van der Waals surface area contributed by atoms with Crippen LogP contribution in [0, 0.1) is 16.7 Å². The molecule has 5 heteroatoms. The lowest BCUT2D eigenvalue weighted by molar-refractivity contribution is 0.0826. The molecule has 3 rings (SSSR count). The van der Waals surface area contributed by atoms with E-state index >= 15 is 0 Å². The number of carbonyl (C=O) groups is 2. The Morgan fingerprint density at radius 3 is 2.38 bits per heavy atom. The summed E-state index contributed by atoms with van der Waals surface area (Å²) in [7, 11) is 0. The normalized spacial score (nSPS) is 30.1. The zero-order valence-corrected chi connectivity index (χ0v) is 14.7. The van der Waals surface area contributed by atoms with Crippen molar-refractivity contribution in [1.82, 2.24) is 10.6 Å². The number of amides is 3. The van der Waals surface area contributed by atoms with Crippen LogP contribution < -0.4 is 16.4 Å². The van der Waals surface area contributed by atoms with Gasteiger partial charge in [0.25, 0.3) is 5.91 Å². The number of fused-ring (bicyclic) bond motifs is 2. The second kappa shape index (κ2) is 5.80. The number of rotatable bonds is 4. The van der Waals surface area contributed by atoms with Crippen LogP contribution >= 0.6 is 0 Å². The first-order valence-electron chi connectivity index (χ1n) is 8.67. The van der Waals surface area contributed by atoms with Crippen molar-refractivity contribution in [3.05, 3.63) is 35.4 Å². The highest BCUT2D eigenvalue weighted by Gasteiger charge is 2.61. The van der Waals surface area contributed by atoms with Crippen molar-refractivity contribution in [1.29, 1.82) is 0 Å². The van der Waals surface area contributed by atoms with Gasteiger partial charge in [-0.2, -0.15) is 0 Å². The molecule has 3 atom stereocenters. The molecule has 1 aromatic rings. The Balaban J connectivity index is 1.65. The van der Waals surface area contributed by atoms with Crippen molar-refractivity contribution in [3.8, 4) is 0 Å². The van der Waals surface area contributed by atoms with Gasteiger partial charge < -0.3 is 16.4 Å². The lowest BCUT2D eigenvalue weighted by atomic mass is 9.69. The molecular weight excluding hydrogens is 302 g/mol. The Morgan fingerprint density at radius 2 is 1.88 bits per heavy atom. The van der Waals surface area contributed by atoms with Crippen LogP contribution in [0.3, 0.4) is 0 Å². The quantitative estimate of drug-likeness (QED) is 0.793. The molecule has 24 heavy (non-hydrogen) atoms. The minimum absolute atomic E-state index is 0.0148. The third-order valence-corrected chi connectivity index (χ3v) is 6.78. The topological polar surface area (TPSA) is 84.2 Å². The fourth-order valence-corrected chi connectivity index (χ4v) is 4.63. The van der Waals surface area contributed by atoms with Gasteiger partial charge in [0.15, 0.2) is 0 Å². The van der Waals surface area contributed by atoms with Crippen molar-refractivity contribution < 1.29 is 9.59 Å². The standard InChI is InChI=1S/C19H27N3O2/c1-18(2)14-8-9-19(18,3)15(10-14)22-16(23)13-6-4-12(5-7-13)11-21-17(20)24/h4-7,14-15H,8-11H2,1-3H3,(H,22,23)(H3,20,21,24). The molecule has 0 saturated heterocycles. The number of benzene rings is 1. The van der Waals surface area contributed by atoms with Crippen LogP contribution in [-0.4, -0.2) is 18.0 Å². The molecule has 2 aliphatic carbocycles. The highest BCUT2D eigenvalue weighted by atomic mass is 16.2. The van der Waals surface area contributed by atoms with Crippen LogP contribution in [0.4, 0.5) is 4.79 Å². The summed E-state index contributed by atoms with van der Waals surface area (Å²) in [5, 5.41) is 5.80. The first kappa shape index (κ1) is 16.8. The number of hydrogen-bond donors (Lipinski definition) is 3. The van der Waals surface area contributed by atoms with Gasteiger partial charge in [0.05, 0.1) is 0 Å². The maximum absolute atomic E-state index is 12.6. The Bertz CT molecular complexity index is 653. The zero-order chi connectivity index (χ0) is 17.5. The third kappa shape index (κ3) is 2.66. The van der Waals surface area contributed by atoms with Crippen molar-refractivity contribution in [3.63, 3.8) is 0 Å². The minimum atomic E-state index is -0.552. The second-order valence-electron chi connectivity index (χ2n) is 8.05. The maximum Gasteiger partial charge on any atom is 0.312 e. The van der Waals surface area contributed by atoms with E-state index in [1.54, 1.807) is 12.1 Å². The molecule has 0 heterocycles. The van der Waals surface area contributed by atoms with Crippen LogP contribution in [0.5, 0.6) is 0 Å². The monoisotopic (exact) mass is 329 g/mol. The van der Waals surface area contributed by atoms with Crippen LogP contribution in [-0.2, 0) is 6.54 Å². The van der Waals surface area contributed by atoms with Crippen LogP contribution in [0.25, 0.3) is 0 Å². The van der Waals surface area contributed by atoms with E-state index in [1.165, 1.54) is 12.8 Å². The summed E-state index contributed by atoms with van der Waals surface area (Å²) in [6.07, 6.45) is 3.54. The fourth-order valence-electron chi connectivity index (χ4n) is 4.63. The molecule has 4 N–H and O–H groups in total. The summed E-state index contributed by atoms with van der Waals surface area (Å²) >= 11 is 0. The Hall–Kier alpha value is -2.04. The molecule has 2 saturated carbocycles. The molecule has 0 aliphatic heterocycles. The summed E-state index contributed by atoms with van der Waals surface area (Å²) < 4.78 is 0. The second-order valence-corrected chi connectivity index (χ2v) is 8.05. The number of primary amides is 1. The molecule has 0 aromatic heterocycles. The molecule has 3 amide bonds. The Labute approximate surface area is 143 Å². The van der Waals surface area contributed by atoms with Crippen molar-refractivity contribution in [2.75, 3.05) is 0 Å². The first-order valence-corrected chi connectivity index (χ1v) is 8.67. The molecule has 3 unspecified atom stereocenters. The average molecular weight is 329 g/mol. The van der Waals surface area contributed by atoms with E-state index < -0.39 is 6.03 Å². The van der Waals surface area contributed by atoms with Gasteiger partial charge in [0.2, 0.25) is 0 Å². The molecule has 5 nitrogen and oxygen atoms in total. The van der Waals surface area contributed by atoms with E-state index in [2.05, 4.69) is 31.4 Å². The number of nitrogens with two attached hydrogens (primary N) is 1. The Kier molecular flexibility index (Phi) is 4.06. The highest BCUT2D eigenvalue weighted by molar-refractivity contribution is 5.94. The smallest absolute Gasteiger partial charge is 0.312 e. The number of nitrogens with one attached hydrogen (secondary N) is 2. The van der Waals surface area contributed by atoms with Crippen LogP contribution in [0.15, 0.2) is 24.3 Å². The van der Waals surface area contributed by atoms with Gasteiger partial charge in [-0.05, 0) is 53.7 Å². The molecular formula is C19H27N3O2. The Morgan fingerprint density at radius 1 is 1.21 bits per heavy atom. The lowest BCUT2D eigenvalue weighted by Gasteiger charge is -2.39. The van der Waals surface area contributed by atoms with Gasteiger partial charge in [-0.15, -0.1) is 0 Å². The molecule has 2 aliphatic rings. The maximum atomic E-state index is 12.6. The van der Waals surface area contributed by atoms with Crippen LogP contribution in [0.2, 0.25) is 0 Å². The highest BCUT2D eigenvalue weighted by Crippen LogP contribution is 2.65. The fraction of sp³-hybridized carbons (Fsp3) is 0.579. The largest absolute Gasteiger partial charge is 0.352 e. The SMILES string of the molecule is CC1(C)C2CCC1(C)C(NC(=O)c1ccc(CNC(N)=O)cc1)C2. The van der Waals surface area contributed by atoms with E-state index in [-0.39, 0.29) is 22.8 Å². The lowest BCUT2D eigenvalue weighted by Crippen LogP contribution is -2.46. The molecule has 2 bridgehead atoms. The van der Waals surface area contributed by atoms with Crippen molar-refractivity contribution >= 4 is 11.9 Å². The number of hydrogen-bond acceptors (Lipinski definition) is 2. The van der Waals surface area contributed by atoms with E-state index in [9.17, 15) is 9.59 Å². The van der Waals surface area contributed by atoms with Gasteiger partial charge >= 0.3 is 6.03 Å². The number of urea groups is 1. The summed E-state index contributed by atoms with van der Waals surface area (Å²) in [5.41, 5.74) is 7.10. The van der Waals surface area contributed by atoms with Gasteiger partial charge in [-0.25, -0.2) is 4.79 Å². The van der Waals surface area contributed by atoms with E-state index in [0.29, 0.717) is 18.0 Å². The van der Waals surface area contributed by atoms with Crippen molar-refractivity contribution in [2.45, 2.75) is 52.6 Å². The van der Waals surface area contributed by atoms with Gasteiger partial charge in [-0.3, -0.25) is 4.79 Å². The molecule has 0 spiro atoms. The first-order chi connectivity index (χ1) is 11.2. The molecule has 2 fully saturated rings. The van der Waals surface area contributed by atoms with Crippen LogP contribution in [0.1, 0.15) is 56.0 Å². The zero-order valence-electron chi connectivity index (χ0n) is 14.7. The van der Waals surface area contributed by atoms with E-state index in [1.807, 2.05) is 12.1 Å². The van der Waals surface area contributed by atoms with Gasteiger partial charge in [-0.1, -0.05) is 32.9 Å². The summed E-state index contributed by atoms with van der Waals surface area (Å²) in [5.74, 6) is 0.689. The van der Waals surface area contributed by atoms with Gasteiger partial charge in [0.1, 0.15) is 0 Å². The minimum Gasteiger partial charge on any atom is -0.352 e. The summed E-state index contributed by atoms with van der Waals surface area (Å²) in [6.45, 7) is 7.38. The predicted molar refractivity (Wildman–Crippen MR) is 93.3 cm³/mol. The number of carbonyl (C=O) groups excluding carboxylic acids is 2. The average Bonchev–Trinajstić information content (AvgIpc) is 2.86. The molecule has 1 aromatic carbocycles. The van der Waals surface area contributed by atoms with Gasteiger partial charge in [0, 0.05) is 18.2 Å². The predicted octanol–water partition coefficient (Wildman–Crippen LogP) is 2.80. The third-order valence-electron chi connectivity index (χ3n) is 6.78. The molecule has 0 radical (unpaired) electrons. The van der Waals surface area contributed by atoms with E-state index in [0.717, 1.165) is 12.0 Å². The van der Waals surface area contributed by atoms with E-state index in [4.69, 9.17) is 5.73 Å². The molecule has 130 valence electrons.